The van der Waals surface area contributed by atoms with Crippen molar-refractivity contribution in [1.82, 2.24) is 9.78 Å². The molecule has 0 saturated carbocycles. The zero-order valence-electron chi connectivity index (χ0n) is 14.5. The van der Waals surface area contributed by atoms with Crippen molar-refractivity contribution < 1.29 is 23.8 Å². The van der Waals surface area contributed by atoms with Crippen molar-refractivity contribution >= 4 is 17.8 Å². The first-order valence-electron chi connectivity index (χ1n) is 8.11. The molecule has 1 N–H and O–H groups in total. The highest BCUT2D eigenvalue weighted by Crippen LogP contribution is 2.50. The highest BCUT2D eigenvalue weighted by Gasteiger charge is 2.59. The molecule has 0 amide bonds. The Hall–Kier alpha value is -3.80. The molecular weight excluding hydrogens is 352 g/mol. The van der Waals surface area contributed by atoms with Gasteiger partial charge in [0.15, 0.2) is 0 Å². The molecule has 4 rings (SSSR count). The number of carbonyl (C=O) groups excluding carboxylic acids is 2. The molecule has 0 unspecified atom stereocenters. The summed E-state index contributed by atoms with van der Waals surface area (Å²) in [5.41, 5.74) is -1.12. The van der Waals surface area contributed by atoms with E-state index in [4.69, 9.17) is 14.2 Å². The first-order chi connectivity index (χ1) is 13.1. The Kier molecular flexibility index (Phi) is 3.63. The van der Waals surface area contributed by atoms with Crippen LogP contribution in [0.25, 0.3) is 0 Å². The zero-order valence-corrected chi connectivity index (χ0v) is 14.5. The van der Waals surface area contributed by atoms with Gasteiger partial charge >= 0.3 is 11.9 Å². The van der Waals surface area contributed by atoms with E-state index in [1.165, 1.54) is 24.2 Å². The lowest BCUT2D eigenvalue weighted by Gasteiger charge is -2.32. The van der Waals surface area contributed by atoms with Crippen LogP contribution >= 0.6 is 0 Å². The number of fused-ring (bicyclic) bond motifs is 4. The van der Waals surface area contributed by atoms with E-state index >= 15 is 0 Å². The maximum absolute atomic E-state index is 13.1. The topological polar surface area (TPSA) is 115 Å². The van der Waals surface area contributed by atoms with Crippen molar-refractivity contribution in [2.24, 2.45) is 0 Å². The van der Waals surface area contributed by atoms with Gasteiger partial charge in [0.1, 0.15) is 28.9 Å². The number of hydrogen-bond donors (Lipinski definition) is 1. The summed E-state index contributed by atoms with van der Waals surface area (Å²) in [5, 5.41) is 16.4. The first kappa shape index (κ1) is 16.7. The summed E-state index contributed by atoms with van der Waals surface area (Å²) in [4.78, 5) is 25.8. The number of aromatic nitrogens is 2. The normalized spacial score (nSPS) is 19.3. The minimum Gasteiger partial charge on any atom is -0.497 e. The molecule has 9 heteroatoms. The van der Waals surface area contributed by atoms with Gasteiger partial charge in [-0.05, 0) is 25.1 Å². The summed E-state index contributed by atoms with van der Waals surface area (Å²) in [5.74, 6) is -0.393. The largest absolute Gasteiger partial charge is 0.497 e. The van der Waals surface area contributed by atoms with E-state index < -0.39 is 17.5 Å². The van der Waals surface area contributed by atoms with Crippen LogP contribution in [-0.4, -0.2) is 35.4 Å². The first-order valence-corrected chi connectivity index (χ1v) is 8.11. The van der Waals surface area contributed by atoms with E-state index in [1.807, 2.05) is 6.07 Å². The molecule has 2 aliphatic heterocycles. The molecule has 1 spiro atoms. The lowest BCUT2D eigenvalue weighted by molar-refractivity contribution is -0.145. The Morgan fingerprint density at radius 1 is 1.48 bits per heavy atom. The highest BCUT2D eigenvalue weighted by molar-refractivity contribution is 6.06. The molecule has 0 radical (unpaired) electrons. The fourth-order valence-electron chi connectivity index (χ4n) is 3.35. The Balaban J connectivity index is 2.05. The predicted octanol–water partition coefficient (Wildman–Crippen LogP) is 1.30. The van der Waals surface area contributed by atoms with E-state index in [0.29, 0.717) is 11.3 Å². The van der Waals surface area contributed by atoms with E-state index in [0.717, 1.165) is 0 Å². The van der Waals surface area contributed by atoms with Crippen molar-refractivity contribution in [3.8, 4) is 17.6 Å². The summed E-state index contributed by atoms with van der Waals surface area (Å²) in [6.07, 6.45) is 2.67. The van der Waals surface area contributed by atoms with Crippen LogP contribution in [0, 0.1) is 11.3 Å². The van der Waals surface area contributed by atoms with Crippen molar-refractivity contribution in [3.05, 3.63) is 47.3 Å². The monoisotopic (exact) mass is 366 g/mol. The Morgan fingerprint density at radius 2 is 2.30 bits per heavy atom. The summed E-state index contributed by atoms with van der Waals surface area (Å²) in [6.45, 7) is 1.79. The second kappa shape index (κ2) is 5.88. The van der Waals surface area contributed by atoms with Gasteiger partial charge in [-0.3, -0.25) is 0 Å². The van der Waals surface area contributed by atoms with Gasteiger partial charge in [-0.15, -0.1) is 0 Å². The molecule has 0 aliphatic carbocycles. The van der Waals surface area contributed by atoms with Gasteiger partial charge in [0.05, 0.1) is 25.5 Å². The van der Waals surface area contributed by atoms with E-state index in [-0.39, 0.29) is 29.3 Å². The van der Waals surface area contributed by atoms with Gasteiger partial charge in [-0.1, -0.05) is 0 Å². The SMILES string of the molecule is CCOC(=O)C1=CNc2c(C#N)cnn2[C@@]12C(=O)Oc1ccc(OC)cc12. The van der Waals surface area contributed by atoms with Crippen LogP contribution < -0.4 is 14.8 Å². The van der Waals surface area contributed by atoms with Crippen LogP contribution in [0.1, 0.15) is 18.1 Å². The Bertz CT molecular complexity index is 1050. The quantitative estimate of drug-likeness (QED) is 0.638. The van der Waals surface area contributed by atoms with Gasteiger partial charge in [-0.2, -0.15) is 10.4 Å². The Morgan fingerprint density at radius 3 is 3.00 bits per heavy atom. The summed E-state index contributed by atoms with van der Waals surface area (Å²) in [6, 6.07) is 6.84. The second-order valence-corrected chi connectivity index (χ2v) is 5.82. The van der Waals surface area contributed by atoms with Gasteiger partial charge < -0.3 is 19.5 Å². The van der Waals surface area contributed by atoms with Crippen molar-refractivity contribution in [1.29, 1.82) is 5.26 Å². The smallest absolute Gasteiger partial charge is 0.349 e. The molecule has 136 valence electrons. The molecule has 2 aliphatic rings. The number of nitrogens with zero attached hydrogens (tertiary/aromatic N) is 3. The molecule has 1 aromatic heterocycles. The predicted molar refractivity (Wildman–Crippen MR) is 91.0 cm³/mol. The van der Waals surface area contributed by atoms with E-state index in [2.05, 4.69) is 10.4 Å². The molecular formula is C18H14N4O5. The number of hydrogen-bond acceptors (Lipinski definition) is 8. The number of methoxy groups -OCH3 is 1. The summed E-state index contributed by atoms with van der Waals surface area (Å²) >= 11 is 0. The Labute approximate surface area is 153 Å². The summed E-state index contributed by atoms with van der Waals surface area (Å²) < 4.78 is 17.1. The number of benzene rings is 1. The van der Waals surface area contributed by atoms with Crippen molar-refractivity contribution in [2.75, 3.05) is 19.0 Å². The van der Waals surface area contributed by atoms with Gasteiger partial charge in [0.2, 0.25) is 5.54 Å². The third kappa shape index (κ3) is 2.07. The summed E-state index contributed by atoms with van der Waals surface area (Å²) in [7, 11) is 1.49. The van der Waals surface area contributed by atoms with Gasteiger partial charge in [-0.25, -0.2) is 14.3 Å². The zero-order chi connectivity index (χ0) is 19.2. The number of nitrogens with one attached hydrogen (secondary N) is 1. The average Bonchev–Trinajstić information content (AvgIpc) is 3.22. The minimum absolute atomic E-state index is 0.00134. The van der Waals surface area contributed by atoms with Crippen LogP contribution in [0.4, 0.5) is 5.82 Å². The fourth-order valence-corrected chi connectivity index (χ4v) is 3.35. The number of nitriles is 1. The molecule has 1 aromatic carbocycles. The lowest BCUT2D eigenvalue weighted by Crippen LogP contribution is -2.49. The maximum atomic E-state index is 13.1. The second-order valence-electron chi connectivity index (χ2n) is 5.82. The molecule has 0 saturated heterocycles. The third-order valence-corrected chi connectivity index (χ3v) is 4.52. The average molecular weight is 366 g/mol. The van der Waals surface area contributed by atoms with Crippen LogP contribution in [0.2, 0.25) is 0 Å². The molecule has 1 atom stereocenters. The highest BCUT2D eigenvalue weighted by atomic mass is 16.6. The number of rotatable bonds is 3. The van der Waals surface area contributed by atoms with Crippen LogP contribution in [0.15, 0.2) is 36.2 Å². The van der Waals surface area contributed by atoms with Crippen LogP contribution in [0.3, 0.4) is 0 Å². The van der Waals surface area contributed by atoms with E-state index in [9.17, 15) is 14.9 Å². The molecule has 2 aromatic rings. The minimum atomic E-state index is -1.72. The number of ether oxygens (including phenoxy) is 3. The van der Waals surface area contributed by atoms with Gasteiger partial charge in [0.25, 0.3) is 0 Å². The van der Waals surface area contributed by atoms with Crippen LogP contribution in [-0.2, 0) is 19.9 Å². The maximum Gasteiger partial charge on any atom is 0.349 e. The number of esters is 2. The van der Waals surface area contributed by atoms with Crippen molar-refractivity contribution in [2.45, 2.75) is 12.5 Å². The molecule has 9 nitrogen and oxygen atoms in total. The molecule has 0 fully saturated rings. The van der Waals surface area contributed by atoms with Crippen molar-refractivity contribution in [3.63, 3.8) is 0 Å². The van der Waals surface area contributed by atoms with Gasteiger partial charge in [0, 0.05) is 11.8 Å². The van der Waals surface area contributed by atoms with Crippen LogP contribution in [0.5, 0.6) is 11.5 Å². The lowest BCUT2D eigenvalue weighted by atomic mass is 9.82. The molecule has 27 heavy (non-hydrogen) atoms. The molecule has 0 bridgehead atoms. The third-order valence-electron chi connectivity index (χ3n) is 4.52. The molecule has 3 heterocycles. The number of carbonyl (C=O) groups is 2. The fraction of sp³-hybridized carbons (Fsp3) is 0.222. The number of anilines is 1. The van der Waals surface area contributed by atoms with E-state index in [1.54, 1.807) is 25.1 Å². The standard InChI is InChI=1S/C18H14N4O5/c1-3-26-16(23)13-9-20-15-10(7-19)8-21-22(15)18(13)12-6-11(25-2)4-5-14(12)27-17(18)24/h4-6,8-9,20H,3H2,1-2H3/t18-/m1/s1.